The fraction of sp³-hybridized carbons (Fsp3) is 0. The van der Waals surface area contributed by atoms with Crippen LogP contribution in [0.5, 0.6) is 0 Å². The maximum Gasteiger partial charge on any atom is 0.150 e. The van der Waals surface area contributed by atoms with Crippen LogP contribution in [-0.2, 0) is 0 Å². The Kier molecular flexibility index (Phi) is 2.54. The molecule has 0 fully saturated rings. The molecule has 5 rings (SSSR count). The summed E-state index contributed by atoms with van der Waals surface area (Å²) in [5, 5.41) is 8.45. The van der Waals surface area contributed by atoms with Crippen molar-refractivity contribution in [3.8, 4) is 0 Å². The Balaban J connectivity index is 2.27. The van der Waals surface area contributed by atoms with Crippen LogP contribution in [0.25, 0.3) is 43.1 Å². The number of fused-ring (bicyclic) bond motifs is 2. The van der Waals surface area contributed by atoms with E-state index in [0.717, 1.165) is 50.3 Å². The number of aldehydes is 2. The molecule has 0 radical (unpaired) electrons. The molecule has 5 aromatic carbocycles. The van der Waals surface area contributed by atoms with Crippen LogP contribution in [0.1, 0.15) is 20.7 Å². The number of hydrogen-bond acceptors (Lipinski definition) is 2. The van der Waals surface area contributed by atoms with E-state index in [1.807, 2.05) is 30.3 Å². The molecule has 0 aliphatic heterocycles. The summed E-state index contributed by atoms with van der Waals surface area (Å²) < 4.78 is 0. The van der Waals surface area contributed by atoms with Crippen molar-refractivity contribution in [3.63, 3.8) is 0 Å². The number of benzene rings is 5. The molecule has 24 heavy (non-hydrogen) atoms. The van der Waals surface area contributed by atoms with Crippen LogP contribution >= 0.6 is 0 Å². The first-order valence-electron chi connectivity index (χ1n) is 7.86. The van der Waals surface area contributed by atoms with Crippen LogP contribution in [0, 0.1) is 0 Å². The summed E-state index contributed by atoms with van der Waals surface area (Å²) in [6.45, 7) is 0. The topological polar surface area (TPSA) is 34.1 Å². The van der Waals surface area contributed by atoms with Gasteiger partial charge in [-0.05, 0) is 37.7 Å². The molecule has 0 bridgehead atoms. The highest BCUT2D eigenvalue weighted by Crippen LogP contribution is 2.41. The van der Waals surface area contributed by atoms with Crippen LogP contribution in [0.4, 0.5) is 0 Å². The van der Waals surface area contributed by atoms with E-state index in [0.29, 0.717) is 11.1 Å². The average molecular weight is 308 g/mol. The molecule has 0 spiro atoms. The standard InChI is InChI=1S/C22H12O2/c23-11-14-7-10-18-17-5-1-3-13-4-2-6-19(20(13)17)21-15(12-24)8-9-16(14)22(18)21/h1-12H. The van der Waals surface area contributed by atoms with Crippen LogP contribution in [0.3, 0.4) is 0 Å². The van der Waals surface area contributed by atoms with E-state index in [4.69, 9.17) is 0 Å². The maximum atomic E-state index is 11.7. The van der Waals surface area contributed by atoms with Gasteiger partial charge in [0.05, 0.1) is 0 Å². The zero-order valence-electron chi connectivity index (χ0n) is 12.7. The van der Waals surface area contributed by atoms with Gasteiger partial charge in [0.25, 0.3) is 0 Å². The van der Waals surface area contributed by atoms with E-state index < -0.39 is 0 Å². The first kappa shape index (κ1) is 13.2. The van der Waals surface area contributed by atoms with Gasteiger partial charge >= 0.3 is 0 Å². The summed E-state index contributed by atoms with van der Waals surface area (Å²) >= 11 is 0. The minimum atomic E-state index is 0.652. The lowest BCUT2D eigenvalue weighted by molar-refractivity contribution is 0.111. The number of carbonyl (C=O) groups is 2. The first-order valence-corrected chi connectivity index (χ1v) is 7.86. The molecule has 0 saturated carbocycles. The molecule has 0 aliphatic rings. The number of rotatable bonds is 2. The highest BCUT2D eigenvalue weighted by Gasteiger charge is 2.16. The predicted molar refractivity (Wildman–Crippen MR) is 98.4 cm³/mol. The Labute approximate surface area is 137 Å². The minimum Gasteiger partial charge on any atom is -0.298 e. The van der Waals surface area contributed by atoms with Gasteiger partial charge < -0.3 is 0 Å². The fourth-order valence-electron chi connectivity index (χ4n) is 3.97. The molecule has 0 aromatic heterocycles. The molecule has 0 N–H and O–H groups in total. The summed E-state index contributed by atoms with van der Waals surface area (Å²) in [5.41, 5.74) is 1.31. The van der Waals surface area contributed by atoms with E-state index in [2.05, 4.69) is 30.3 Å². The maximum absolute atomic E-state index is 11.7. The van der Waals surface area contributed by atoms with Crippen molar-refractivity contribution in [3.05, 3.63) is 71.8 Å². The lowest BCUT2D eigenvalue weighted by Gasteiger charge is -2.16. The Morgan fingerprint density at radius 1 is 0.500 bits per heavy atom. The monoisotopic (exact) mass is 308 g/mol. The van der Waals surface area contributed by atoms with Gasteiger partial charge in [0.2, 0.25) is 0 Å². The fourth-order valence-corrected chi connectivity index (χ4v) is 3.97. The van der Waals surface area contributed by atoms with Crippen molar-refractivity contribution in [2.24, 2.45) is 0 Å². The third-order valence-electron chi connectivity index (χ3n) is 4.97. The van der Waals surface area contributed by atoms with E-state index in [1.54, 1.807) is 0 Å². The van der Waals surface area contributed by atoms with Gasteiger partial charge in [-0.15, -0.1) is 0 Å². The van der Waals surface area contributed by atoms with Crippen LogP contribution < -0.4 is 0 Å². The molecule has 0 amide bonds. The molecule has 0 heterocycles. The van der Waals surface area contributed by atoms with Crippen molar-refractivity contribution in [1.82, 2.24) is 0 Å². The second-order valence-electron chi connectivity index (χ2n) is 6.10. The molecular formula is C22H12O2. The molecule has 2 heteroatoms. The molecule has 0 saturated heterocycles. The molecular weight excluding hydrogens is 296 g/mol. The average Bonchev–Trinajstić information content (AvgIpc) is 2.65. The van der Waals surface area contributed by atoms with E-state index in [-0.39, 0.29) is 0 Å². The lowest BCUT2D eigenvalue weighted by atomic mass is 9.87. The Bertz CT molecular complexity index is 1280. The highest BCUT2D eigenvalue weighted by atomic mass is 16.1. The molecule has 5 aromatic rings. The van der Waals surface area contributed by atoms with Gasteiger partial charge in [-0.1, -0.05) is 60.7 Å². The zero-order chi connectivity index (χ0) is 16.3. The van der Waals surface area contributed by atoms with Crippen LogP contribution in [-0.4, -0.2) is 12.6 Å². The summed E-state index contributed by atoms with van der Waals surface area (Å²) in [6, 6.07) is 20.0. The van der Waals surface area contributed by atoms with E-state index in [1.165, 1.54) is 5.39 Å². The Hall–Kier alpha value is -3.26. The second-order valence-corrected chi connectivity index (χ2v) is 6.10. The summed E-state index contributed by atoms with van der Waals surface area (Å²) in [5.74, 6) is 0. The van der Waals surface area contributed by atoms with Crippen LogP contribution in [0.2, 0.25) is 0 Å². The molecule has 0 aliphatic carbocycles. The van der Waals surface area contributed by atoms with E-state index >= 15 is 0 Å². The first-order chi connectivity index (χ1) is 11.8. The van der Waals surface area contributed by atoms with Gasteiger partial charge in [0, 0.05) is 16.5 Å². The van der Waals surface area contributed by atoms with Gasteiger partial charge in [-0.25, -0.2) is 0 Å². The third-order valence-corrected chi connectivity index (χ3v) is 4.97. The normalized spacial score (nSPS) is 11.7. The van der Waals surface area contributed by atoms with Gasteiger partial charge in [0.1, 0.15) is 0 Å². The van der Waals surface area contributed by atoms with Crippen molar-refractivity contribution in [2.45, 2.75) is 0 Å². The number of carbonyl (C=O) groups excluding carboxylic acids is 2. The van der Waals surface area contributed by atoms with Crippen LogP contribution in [0.15, 0.2) is 60.7 Å². The van der Waals surface area contributed by atoms with Crippen molar-refractivity contribution >= 4 is 55.7 Å². The van der Waals surface area contributed by atoms with Crippen molar-refractivity contribution in [2.75, 3.05) is 0 Å². The zero-order valence-corrected chi connectivity index (χ0v) is 12.7. The van der Waals surface area contributed by atoms with E-state index in [9.17, 15) is 9.59 Å². The predicted octanol–water partition coefficient (Wildman–Crippen LogP) is 5.36. The summed E-state index contributed by atoms with van der Waals surface area (Å²) in [4.78, 5) is 23.2. The molecule has 112 valence electrons. The summed E-state index contributed by atoms with van der Waals surface area (Å²) in [7, 11) is 0. The van der Waals surface area contributed by atoms with Gasteiger partial charge in [-0.3, -0.25) is 9.59 Å². The Morgan fingerprint density at radius 2 is 1.12 bits per heavy atom. The number of hydrogen-bond donors (Lipinski definition) is 0. The smallest absolute Gasteiger partial charge is 0.150 e. The quantitative estimate of drug-likeness (QED) is 0.250. The van der Waals surface area contributed by atoms with Crippen molar-refractivity contribution in [1.29, 1.82) is 0 Å². The Morgan fingerprint density at radius 3 is 1.88 bits per heavy atom. The SMILES string of the molecule is O=Cc1ccc2c3cccc4cccc(c5c(C=O)ccc1c25)c43. The van der Waals surface area contributed by atoms with Gasteiger partial charge in [-0.2, -0.15) is 0 Å². The second kappa shape index (κ2) is 4.62. The lowest BCUT2D eigenvalue weighted by Crippen LogP contribution is -1.93. The highest BCUT2D eigenvalue weighted by molar-refractivity contribution is 6.35. The summed E-state index contributed by atoms with van der Waals surface area (Å²) in [6.07, 6.45) is 1.78. The largest absolute Gasteiger partial charge is 0.298 e. The van der Waals surface area contributed by atoms with Crippen molar-refractivity contribution < 1.29 is 9.59 Å². The molecule has 0 unspecified atom stereocenters. The van der Waals surface area contributed by atoms with Gasteiger partial charge in [0.15, 0.2) is 12.6 Å². The minimum absolute atomic E-state index is 0.652. The third kappa shape index (κ3) is 1.50. The molecule has 2 nitrogen and oxygen atoms in total. The molecule has 0 atom stereocenters.